The molecule has 4 heteroatoms. The average Bonchev–Trinajstić information content (AvgIpc) is 2.52. The molecule has 0 bridgehead atoms. The smallest absolute Gasteiger partial charge is 0.137 e. The molecule has 0 radical (unpaired) electrons. The highest BCUT2D eigenvalue weighted by Crippen LogP contribution is 2.33. The molecule has 1 heterocycles. The summed E-state index contributed by atoms with van der Waals surface area (Å²) in [5, 5.41) is 7.38. The summed E-state index contributed by atoms with van der Waals surface area (Å²) >= 11 is 3.28. The van der Waals surface area contributed by atoms with Gasteiger partial charge < -0.3 is 10.6 Å². The summed E-state index contributed by atoms with van der Waals surface area (Å²) in [5.74, 6) is 0.498. The van der Waals surface area contributed by atoms with Gasteiger partial charge in [0.05, 0.1) is 4.47 Å². The van der Waals surface area contributed by atoms with Gasteiger partial charge in [-0.2, -0.15) is 0 Å². The van der Waals surface area contributed by atoms with Gasteiger partial charge >= 0.3 is 0 Å². The van der Waals surface area contributed by atoms with Gasteiger partial charge in [-0.05, 0) is 72.3 Å². The van der Waals surface area contributed by atoms with Crippen LogP contribution in [0.15, 0.2) is 22.7 Å². The largest absolute Gasteiger partial charge is 0.382 e. The summed E-state index contributed by atoms with van der Waals surface area (Å²) in [5.41, 5.74) is 1.02. The van der Waals surface area contributed by atoms with Crippen LogP contribution in [0.2, 0.25) is 0 Å². The van der Waals surface area contributed by atoms with Crippen molar-refractivity contribution < 1.29 is 4.39 Å². The first kappa shape index (κ1) is 15.3. The molecule has 1 saturated carbocycles. The van der Waals surface area contributed by atoms with E-state index in [1.807, 2.05) is 12.1 Å². The summed E-state index contributed by atoms with van der Waals surface area (Å²) in [6, 6.07) is 6.39. The second-order valence-electron chi connectivity index (χ2n) is 6.38. The monoisotopic (exact) mass is 354 g/mol. The molecule has 3 atom stereocenters. The first-order chi connectivity index (χ1) is 10.2. The van der Waals surface area contributed by atoms with Crippen LogP contribution in [0.5, 0.6) is 0 Å². The lowest BCUT2D eigenvalue weighted by molar-refractivity contribution is 0.217. The molecule has 1 aliphatic heterocycles. The van der Waals surface area contributed by atoms with Crippen molar-refractivity contribution in [2.45, 2.75) is 57.0 Å². The fourth-order valence-electron chi connectivity index (χ4n) is 3.86. The Hall–Kier alpha value is -0.610. The Morgan fingerprint density at radius 3 is 2.67 bits per heavy atom. The lowest BCUT2D eigenvalue weighted by Crippen LogP contribution is -2.48. The minimum atomic E-state index is -0.199. The molecule has 2 nitrogen and oxygen atoms in total. The van der Waals surface area contributed by atoms with Crippen molar-refractivity contribution in [3.63, 3.8) is 0 Å². The van der Waals surface area contributed by atoms with Crippen molar-refractivity contribution >= 4 is 21.6 Å². The highest BCUT2D eigenvalue weighted by molar-refractivity contribution is 9.10. The van der Waals surface area contributed by atoms with Gasteiger partial charge in [-0.15, -0.1) is 0 Å². The lowest BCUT2D eigenvalue weighted by Gasteiger charge is -2.40. The van der Waals surface area contributed by atoms with E-state index < -0.39 is 0 Å². The van der Waals surface area contributed by atoms with Gasteiger partial charge in [0.15, 0.2) is 0 Å². The van der Waals surface area contributed by atoms with Crippen molar-refractivity contribution in [3.05, 3.63) is 28.5 Å². The Bertz CT molecular complexity index is 474. The molecule has 3 rings (SSSR count). The Morgan fingerprint density at radius 2 is 1.90 bits per heavy atom. The molecule has 116 valence electrons. The molecular weight excluding hydrogens is 331 g/mol. The van der Waals surface area contributed by atoms with Crippen molar-refractivity contribution in [1.82, 2.24) is 5.32 Å². The summed E-state index contributed by atoms with van der Waals surface area (Å²) in [6.45, 7) is 1.16. The third kappa shape index (κ3) is 3.78. The highest BCUT2D eigenvalue weighted by atomic mass is 79.9. The van der Waals surface area contributed by atoms with Crippen molar-refractivity contribution in [1.29, 1.82) is 0 Å². The molecule has 0 spiro atoms. The Labute approximate surface area is 135 Å². The molecule has 2 fully saturated rings. The fraction of sp³-hybridized carbons (Fsp3) is 0.647. The van der Waals surface area contributed by atoms with Crippen LogP contribution in [0.3, 0.4) is 0 Å². The molecule has 3 unspecified atom stereocenters. The minimum absolute atomic E-state index is 0.199. The first-order valence-electron chi connectivity index (χ1n) is 8.19. The average molecular weight is 355 g/mol. The highest BCUT2D eigenvalue weighted by Gasteiger charge is 2.32. The summed E-state index contributed by atoms with van der Waals surface area (Å²) in [6.07, 6.45) is 9.12. The zero-order valence-corrected chi connectivity index (χ0v) is 14.0. The molecule has 1 aromatic rings. The van der Waals surface area contributed by atoms with E-state index in [4.69, 9.17) is 0 Å². The molecule has 1 saturated heterocycles. The van der Waals surface area contributed by atoms with Crippen LogP contribution in [0.1, 0.15) is 44.9 Å². The van der Waals surface area contributed by atoms with Gasteiger partial charge in [-0.25, -0.2) is 4.39 Å². The van der Waals surface area contributed by atoms with E-state index in [0.29, 0.717) is 22.5 Å². The predicted molar refractivity (Wildman–Crippen MR) is 89.1 cm³/mol. The Kier molecular flexibility index (Phi) is 5.17. The van der Waals surface area contributed by atoms with Gasteiger partial charge in [-0.3, -0.25) is 0 Å². The van der Waals surface area contributed by atoms with Crippen LogP contribution in [0, 0.1) is 11.7 Å². The fourth-order valence-corrected chi connectivity index (χ4v) is 4.24. The van der Waals surface area contributed by atoms with Gasteiger partial charge in [0.25, 0.3) is 0 Å². The number of nitrogens with one attached hydrogen (secondary N) is 2. The topological polar surface area (TPSA) is 24.1 Å². The van der Waals surface area contributed by atoms with Crippen LogP contribution in [-0.2, 0) is 0 Å². The Morgan fingerprint density at radius 1 is 1.10 bits per heavy atom. The maximum absolute atomic E-state index is 13.4. The summed E-state index contributed by atoms with van der Waals surface area (Å²) in [4.78, 5) is 0. The zero-order chi connectivity index (χ0) is 14.7. The molecule has 2 N–H and O–H groups in total. The number of anilines is 1. The number of piperidine rings is 1. The maximum Gasteiger partial charge on any atom is 0.137 e. The number of hydrogen-bond acceptors (Lipinski definition) is 2. The summed E-state index contributed by atoms with van der Waals surface area (Å²) < 4.78 is 13.9. The SMILES string of the molecule is Fc1ccc(NC2CCCCC2C2CCCCN2)cc1Br. The molecule has 1 aliphatic carbocycles. The molecule has 0 aromatic heterocycles. The number of benzene rings is 1. The number of rotatable bonds is 3. The minimum Gasteiger partial charge on any atom is -0.382 e. The van der Waals surface area contributed by atoms with E-state index in [1.54, 1.807) is 0 Å². The summed E-state index contributed by atoms with van der Waals surface area (Å²) in [7, 11) is 0. The third-order valence-corrected chi connectivity index (χ3v) is 5.56. The van der Waals surface area contributed by atoms with E-state index in [2.05, 4.69) is 26.6 Å². The standard InChI is InChI=1S/C17H24BrFN2/c18-14-11-12(8-9-15(14)19)21-17-7-2-1-5-13(17)16-6-3-4-10-20-16/h8-9,11,13,16-17,20-21H,1-7,10H2. The molecular formula is C17H24BrFN2. The third-order valence-electron chi connectivity index (χ3n) is 4.96. The number of hydrogen-bond donors (Lipinski definition) is 2. The molecule has 21 heavy (non-hydrogen) atoms. The molecule has 0 amide bonds. The van der Waals surface area contributed by atoms with E-state index >= 15 is 0 Å². The van der Waals surface area contributed by atoms with E-state index in [1.165, 1.54) is 51.0 Å². The van der Waals surface area contributed by atoms with Crippen molar-refractivity contribution in [3.8, 4) is 0 Å². The normalized spacial score (nSPS) is 30.1. The van der Waals surface area contributed by atoms with Crippen molar-refractivity contribution in [2.24, 2.45) is 5.92 Å². The second kappa shape index (κ2) is 7.10. The van der Waals surface area contributed by atoms with E-state index in [9.17, 15) is 4.39 Å². The lowest BCUT2D eigenvalue weighted by atomic mass is 9.77. The van der Waals surface area contributed by atoms with Gasteiger partial charge in [0.1, 0.15) is 5.82 Å². The molecule has 1 aromatic carbocycles. The quantitative estimate of drug-likeness (QED) is 0.821. The zero-order valence-electron chi connectivity index (χ0n) is 12.4. The van der Waals surface area contributed by atoms with Crippen LogP contribution in [-0.4, -0.2) is 18.6 Å². The second-order valence-corrected chi connectivity index (χ2v) is 7.24. The maximum atomic E-state index is 13.4. The van der Waals surface area contributed by atoms with Crippen LogP contribution in [0.25, 0.3) is 0 Å². The van der Waals surface area contributed by atoms with E-state index in [-0.39, 0.29) is 5.82 Å². The van der Waals surface area contributed by atoms with Gasteiger partial charge in [-0.1, -0.05) is 19.3 Å². The molecule has 2 aliphatic rings. The first-order valence-corrected chi connectivity index (χ1v) is 8.98. The Balaban J connectivity index is 1.69. The van der Waals surface area contributed by atoms with E-state index in [0.717, 1.165) is 12.2 Å². The van der Waals surface area contributed by atoms with Crippen molar-refractivity contribution in [2.75, 3.05) is 11.9 Å². The van der Waals surface area contributed by atoms with Crippen LogP contribution in [0.4, 0.5) is 10.1 Å². The number of halogens is 2. The predicted octanol–water partition coefficient (Wildman–Crippen LogP) is 4.70. The van der Waals surface area contributed by atoms with Gasteiger partial charge in [0.2, 0.25) is 0 Å². The van der Waals surface area contributed by atoms with Crippen LogP contribution < -0.4 is 10.6 Å². The van der Waals surface area contributed by atoms with Gasteiger partial charge in [0, 0.05) is 17.8 Å². The van der Waals surface area contributed by atoms with Crippen LogP contribution >= 0.6 is 15.9 Å².